The summed E-state index contributed by atoms with van der Waals surface area (Å²) in [4.78, 5) is 3.37. The highest BCUT2D eigenvalue weighted by Crippen LogP contribution is 2.64. The number of fused-ring (bicyclic) bond motifs is 1. The van der Waals surface area contributed by atoms with E-state index in [1.165, 1.54) is 0 Å². The first kappa shape index (κ1) is 35.8. The SMILES string of the molecule is NS(=O)(=O)c1nc2ccc(NS(=O)(=O)C(F)(F)C(F)(F)C(F)(F)C(F)(F)C(F)(F)C(F)(F)C(F)(F)C(F)(F)F)cc2s1. The van der Waals surface area contributed by atoms with E-state index in [9.17, 15) is 91.5 Å². The molecule has 0 bridgehead atoms. The highest BCUT2D eigenvalue weighted by molar-refractivity contribution is 7.93. The molecule has 27 heteroatoms. The number of nitrogens with zero attached hydrogens (tertiary/aromatic N) is 1. The molecule has 0 fully saturated rings. The van der Waals surface area contributed by atoms with Gasteiger partial charge in [-0.2, -0.15) is 83.1 Å². The molecule has 0 aliphatic rings. The summed E-state index contributed by atoms with van der Waals surface area (Å²) in [6.45, 7) is 0. The standard InChI is InChI=1S/C15H6F17N3O4S3/c16-8(17,10(20,21)12(24,25)14(28,29)30)9(18,19)11(22,23)13(26,27)15(31,32)42(38,39)35-4-1-2-5-6(3-4)40-7(34-5)41(33,36)37/h1-3,35H,(H2,33,36,37). The normalized spacial score (nSPS) is 15.8. The van der Waals surface area contributed by atoms with E-state index in [0.717, 1.165) is 0 Å². The third kappa shape index (κ3) is 4.87. The fraction of sp³-hybridized carbons (Fsp3) is 0.533. The van der Waals surface area contributed by atoms with Gasteiger partial charge in [0.05, 0.1) is 15.9 Å². The molecule has 242 valence electrons. The lowest BCUT2D eigenvalue weighted by molar-refractivity contribution is -0.458. The van der Waals surface area contributed by atoms with Crippen LogP contribution < -0.4 is 9.86 Å². The number of primary sulfonamides is 1. The summed E-state index contributed by atoms with van der Waals surface area (Å²) in [5.74, 6) is -52.3. The third-order valence-corrected chi connectivity index (χ3v) is 8.67. The molecule has 0 radical (unpaired) electrons. The van der Waals surface area contributed by atoms with Crippen molar-refractivity contribution in [1.82, 2.24) is 4.98 Å². The summed E-state index contributed by atoms with van der Waals surface area (Å²) in [5, 5.41) is -3.02. The maximum atomic E-state index is 14.2. The number of alkyl halides is 17. The van der Waals surface area contributed by atoms with E-state index in [-0.39, 0.29) is 23.5 Å². The average Bonchev–Trinajstić information content (AvgIpc) is 3.21. The molecule has 1 heterocycles. The van der Waals surface area contributed by atoms with E-state index in [2.05, 4.69) is 4.98 Å². The second kappa shape index (κ2) is 9.54. The summed E-state index contributed by atoms with van der Waals surface area (Å²) >= 11 is 0.0642. The number of thiazole rings is 1. The van der Waals surface area contributed by atoms with Gasteiger partial charge in [0.1, 0.15) is 0 Å². The van der Waals surface area contributed by atoms with Crippen molar-refractivity contribution in [3.8, 4) is 0 Å². The Morgan fingerprint density at radius 3 is 1.45 bits per heavy atom. The number of benzene rings is 1. The second-order valence-electron chi connectivity index (χ2n) is 7.77. The van der Waals surface area contributed by atoms with E-state index in [4.69, 9.17) is 5.14 Å². The van der Waals surface area contributed by atoms with Gasteiger partial charge < -0.3 is 0 Å². The monoisotopic (exact) mass is 711 g/mol. The number of anilines is 1. The maximum Gasteiger partial charge on any atom is 0.460 e. The van der Waals surface area contributed by atoms with Crippen LogP contribution in [0.15, 0.2) is 22.5 Å². The predicted octanol–water partition coefficient (Wildman–Crippen LogP) is 5.65. The summed E-state index contributed by atoms with van der Waals surface area (Å²) in [7, 11) is -12.2. The van der Waals surface area contributed by atoms with Crippen LogP contribution in [-0.4, -0.2) is 68.8 Å². The first-order chi connectivity index (χ1) is 18.1. The number of hydrogen-bond donors (Lipinski definition) is 2. The molecule has 0 saturated carbocycles. The van der Waals surface area contributed by atoms with Gasteiger partial charge in [0.15, 0.2) is 0 Å². The highest BCUT2D eigenvalue weighted by atomic mass is 32.2. The van der Waals surface area contributed by atoms with Gasteiger partial charge in [-0.3, -0.25) is 4.72 Å². The lowest BCUT2D eigenvalue weighted by atomic mass is 9.91. The van der Waals surface area contributed by atoms with E-state index in [1.54, 1.807) is 0 Å². The van der Waals surface area contributed by atoms with Crippen LogP contribution in [0.4, 0.5) is 80.3 Å². The largest absolute Gasteiger partial charge is 0.460 e. The Morgan fingerprint density at radius 1 is 0.643 bits per heavy atom. The first-order valence-electron chi connectivity index (χ1n) is 9.32. The van der Waals surface area contributed by atoms with E-state index in [0.29, 0.717) is 10.8 Å². The predicted molar refractivity (Wildman–Crippen MR) is 104 cm³/mol. The van der Waals surface area contributed by atoms with Crippen molar-refractivity contribution in [1.29, 1.82) is 0 Å². The number of halogens is 17. The van der Waals surface area contributed by atoms with Crippen LogP contribution in [0.2, 0.25) is 0 Å². The van der Waals surface area contributed by atoms with Gasteiger partial charge in [0, 0.05) is 0 Å². The zero-order valence-corrected chi connectivity index (χ0v) is 21.0. The lowest BCUT2D eigenvalue weighted by Crippen LogP contribution is -2.75. The van der Waals surface area contributed by atoms with E-state index in [1.807, 2.05) is 0 Å². The van der Waals surface area contributed by atoms with Gasteiger partial charge >= 0.3 is 57.0 Å². The van der Waals surface area contributed by atoms with Gasteiger partial charge in [-0.15, -0.1) is 11.3 Å². The summed E-state index contributed by atoms with van der Waals surface area (Å²) < 4.78 is 272. The van der Waals surface area contributed by atoms with Gasteiger partial charge in [0.25, 0.3) is 10.0 Å². The Morgan fingerprint density at radius 2 is 1.05 bits per heavy atom. The molecule has 1 aromatic heterocycles. The molecule has 7 nitrogen and oxygen atoms in total. The molecule has 0 amide bonds. The van der Waals surface area contributed by atoms with Crippen molar-refractivity contribution >= 4 is 47.3 Å². The number of aromatic nitrogens is 1. The Balaban J connectivity index is 2.61. The first-order valence-corrected chi connectivity index (χ1v) is 13.2. The molecular formula is C15H6F17N3O4S3. The molecule has 1 aromatic carbocycles. The van der Waals surface area contributed by atoms with Crippen LogP contribution in [0.3, 0.4) is 0 Å². The quantitative estimate of drug-likeness (QED) is 0.309. The topological polar surface area (TPSA) is 119 Å². The fourth-order valence-corrected chi connectivity index (χ4v) is 5.35. The number of nitrogens with two attached hydrogens (primary N) is 1. The van der Waals surface area contributed by atoms with Crippen molar-refractivity contribution in [3.05, 3.63) is 18.2 Å². The van der Waals surface area contributed by atoms with Crippen molar-refractivity contribution in [2.45, 2.75) is 51.3 Å². The minimum absolute atomic E-state index is 0.0642. The molecule has 2 rings (SSSR count). The average molecular weight is 711 g/mol. The third-order valence-electron chi connectivity index (χ3n) is 4.90. The van der Waals surface area contributed by atoms with Crippen LogP contribution in [0.1, 0.15) is 0 Å². The summed E-state index contributed by atoms with van der Waals surface area (Å²) in [6.07, 6.45) is -7.93. The van der Waals surface area contributed by atoms with Crippen LogP contribution in [-0.2, 0) is 20.0 Å². The zero-order valence-electron chi connectivity index (χ0n) is 18.5. The van der Waals surface area contributed by atoms with Gasteiger partial charge in [-0.05, 0) is 18.2 Å². The summed E-state index contributed by atoms with van der Waals surface area (Å²) in [5.41, 5.74) is -1.80. The Kier molecular flexibility index (Phi) is 8.12. The molecule has 0 unspecified atom stereocenters. The molecule has 0 saturated heterocycles. The van der Waals surface area contributed by atoms with Crippen LogP contribution in [0.25, 0.3) is 10.2 Å². The molecule has 0 spiro atoms. The Hall–Kier alpha value is -2.42. The maximum absolute atomic E-state index is 14.2. The van der Waals surface area contributed by atoms with Crippen LogP contribution >= 0.6 is 11.3 Å². The minimum atomic E-state index is -8.95. The van der Waals surface area contributed by atoms with Crippen molar-refractivity contribution in [2.24, 2.45) is 5.14 Å². The van der Waals surface area contributed by atoms with Crippen molar-refractivity contribution in [3.63, 3.8) is 0 Å². The molecule has 3 N–H and O–H groups in total. The molecule has 0 atom stereocenters. The number of sulfonamides is 2. The lowest BCUT2D eigenvalue weighted by Gasteiger charge is -2.42. The van der Waals surface area contributed by atoms with E-state index >= 15 is 0 Å². The molecule has 42 heavy (non-hydrogen) atoms. The second-order valence-corrected chi connectivity index (χ2v) is 12.3. The number of nitrogens with one attached hydrogen (secondary N) is 1. The highest BCUT2D eigenvalue weighted by Gasteiger charge is 2.96. The van der Waals surface area contributed by atoms with Crippen LogP contribution in [0.5, 0.6) is 0 Å². The fourth-order valence-electron chi connectivity index (χ4n) is 2.63. The molecular weight excluding hydrogens is 705 g/mol. The van der Waals surface area contributed by atoms with Crippen LogP contribution in [0, 0.1) is 0 Å². The zero-order chi connectivity index (χ0) is 33.6. The molecule has 0 aliphatic carbocycles. The van der Waals surface area contributed by atoms with Crippen molar-refractivity contribution in [2.75, 3.05) is 4.72 Å². The smallest absolute Gasteiger partial charge is 0.278 e. The van der Waals surface area contributed by atoms with Gasteiger partial charge in [0.2, 0.25) is 4.34 Å². The Labute approximate surface area is 223 Å². The number of rotatable bonds is 10. The summed E-state index contributed by atoms with van der Waals surface area (Å²) in [6, 6.07) is 1.12. The number of hydrogen-bond acceptors (Lipinski definition) is 6. The van der Waals surface area contributed by atoms with Gasteiger partial charge in [-0.25, -0.2) is 18.5 Å². The molecule has 2 aromatic rings. The van der Waals surface area contributed by atoms with E-state index < -0.39 is 87.3 Å². The van der Waals surface area contributed by atoms with Gasteiger partial charge in [-0.1, -0.05) is 0 Å². The minimum Gasteiger partial charge on any atom is -0.278 e. The van der Waals surface area contributed by atoms with Crippen molar-refractivity contribution < 1.29 is 91.5 Å². The Bertz CT molecular complexity index is 1580. The molecule has 0 aliphatic heterocycles.